The van der Waals surface area contributed by atoms with Crippen molar-refractivity contribution in [2.75, 3.05) is 0 Å². The third-order valence-electron chi connectivity index (χ3n) is 7.96. The molecular weight excluding hydrogens is 642 g/mol. The largest absolute Gasteiger partial charge is 0.355 e. The lowest BCUT2D eigenvalue weighted by molar-refractivity contribution is 0.381. The number of fused-ring (bicyclic) bond motifs is 9. The molecule has 7 rings (SSSR count). The quantitative estimate of drug-likeness (QED) is 0.0988. The molecule has 5 heterocycles. The third kappa shape index (κ3) is 4.42. The number of hydrogen-bond donors (Lipinski definition) is 3. The minimum Gasteiger partial charge on any atom is -0.355 e. The number of aryl methyl sites for hydroxylation is 1. The Morgan fingerprint density at radius 3 is 1.21 bits per heavy atom. The minimum atomic E-state index is -2.34. The van der Waals surface area contributed by atoms with Gasteiger partial charge in [-0.3, -0.25) is 0 Å². The summed E-state index contributed by atoms with van der Waals surface area (Å²) in [5.74, 6) is -21.6. The SMILES string of the molecule is CCc1c2nc(c(-c3c(F)c(F)c(F)c(F)c3F)c3ccc([nH]3)c3ccc([nH]3)c(-c3c(F)c(F)c(F)c(F)c3F)c3ccc1[nH]3)C=C2. The van der Waals surface area contributed by atoms with Crippen LogP contribution in [0, 0.1) is 58.2 Å². The lowest BCUT2D eigenvalue weighted by atomic mass is 10.0. The van der Waals surface area contributed by atoms with Crippen LogP contribution < -0.4 is 0 Å². The van der Waals surface area contributed by atoms with Crippen molar-refractivity contribution in [1.82, 2.24) is 19.9 Å². The second-order valence-electron chi connectivity index (χ2n) is 10.5. The summed E-state index contributed by atoms with van der Waals surface area (Å²) in [6, 6.07) is 8.18. The van der Waals surface area contributed by atoms with E-state index in [2.05, 4.69) is 19.9 Å². The van der Waals surface area contributed by atoms with Crippen molar-refractivity contribution < 1.29 is 43.9 Å². The maximum absolute atomic E-state index is 15.2. The maximum atomic E-state index is 15.2. The first-order chi connectivity index (χ1) is 22.4. The number of rotatable bonds is 3. The highest BCUT2D eigenvalue weighted by Gasteiger charge is 2.30. The molecule has 0 unspecified atom stereocenters. The van der Waals surface area contributed by atoms with Gasteiger partial charge in [0, 0.05) is 38.8 Å². The molecule has 6 aromatic rings. The van der Waals surface area contributed by atoms with Crippen LogP contribution in [0.2, 0.25) is 0 Å². The average Bonchev–Trinajstić information content (AvgIpc) is 3.89. The Balaban J connectivity index is 1.69. The Labute approximate surface area is 256 Å². The van der Waals surface area contributed by atoms with E-state index < -0.39 is 80.4 Å². The number of halogens is 10. The molecule has 4 aromatic heterocycles. The monoisotopic (exact) mass is 658 g/mol. The Kier molecular flexibility index (Phi) is 6.91. The van der Waals surface area contributed by atoms with Gasteiger partial charge in [-0.05, 0) is 55.0 Å². The summed E-state index contributed by atoms with van der Waals surface area (Å²) >= 11 is 0. The van der Waals surface area contributed by atoms with Crippen LogP contribution in [0.15, 0.2) is 36.4 Å². The van der Waals surface area contributed by atoms with Crippen LogP contribution in [0.3, 0.4) is 0 Å². The summed E-state index contributed by atoms with van der Waals surface area (Å²) < 4.78 is 147. The van der Waals surface area contributed by atoms with E-state index in [4.69, 9.17) is 0 Å². The van der Waals surface area contributed by atoms with Gasteiger partial charge in [-0.1, -0.05) is 6.92 Å². The first-order valence-corrected chi connectivity index (χ1v) is 13.8. The fourth-order valence-corrected chi connectivity index (χ4v) is 5.76. The summed E-state index contributed by atoms with van der Waals surface area (Å²) in [6.07, 6.45) is 2.97. The van der Waals surface area contributed by atoms with Crippen LogP contribution in [-0.2, 0) is 6.42 Å². The molecule has 14 heteroatoms. The Morgan fingerprint density at radius 2 is 0.745 bits per heavy atom. The number of nitrogens with zero attached hydrogens (tertiary/aromatic N) is 1. The highest BCUT2D eigenvalue weighted by Crippen LogP contribution is 2.39. The molecule has 0 aliphatic carbocycles. The van der Waals surface area contributed by atoms with Crippen LogP contribution in [0.4, 0.5) is 43.9 Å². The summed E-state index contributed by atoms with van der Waals surface area (Å²) in [5, 5.41) is 0. The molecule has 0 spiro atoms. The van der Waals surface area contributed by atoms with Crippen molar-refractivity contribution in [3.63, 3.8) is 0 Å². The van der Waals surface area contributed by atoms with Gasteiger partial charge in [0.2, 0.25) is 11.6 Å². The molecule has 2 aromatic carbocycles. The van der Waals surface area contributed by atoms with E-state index >= 15 is 17.6 Å². The van der Waals surface area contributed by atoms with Gasteiger partial charge in [-0.2, -0.15) is 0 Å². The number of nitrogens with one attached hydrogen (secondary N) is 3. The standard InChI is InChI=1S/C33H16F10N4/c1-2-11-12-3-7-16(44-12)20(22-24(34)28(38)32(42)29(39)25(22)35)18-9-5-14(46-18)15-6-10-19(47-15)21(17-8-4-13(11)45-17)23-26(36)30(40)33(43)31(41)27(23)37/h3-10,44,46-47H,2H2,1H3. The predicted octanol–water partition coefficient (Wildman–Crippen LogP) is 9.98. The van der Waals surface area contributed by atoms with Crippen LogP contribution in [-0.4, -0.2) is 19.9 Å². The lowest BCUT2D eigenvalue weighted by Crippen LogP contribution is -2.05. The highest BCUT2D eigenvalue weighted by atomic mass is 19.2. The second kappa shape index (κ2) is 10.8. The van der Waals surface area contributed by atoms with Gasteiger partial charge >= 0.3 is 0 Å². The van der Waals surface area contributed by atoms with Crippen molar-refractivity contribution >= 4 is 45.3 Å². The maximum Gasteiger partial charge on any atom is 0.200 e. The topological polar surface area (TPSA) is 60.3 Å². The van der Waals surface area contributed by atoms with Gasteiger partial charge in [-0.15, -0.1) is 0 Å². The molecule has 8 bridgehead atoms. The lowest BCUT2D eigenvalue weighted by Gasteiger charge is -2.09. The molecule has 1 aliphatic rings. The number of aromatic nitrogens is 4. The summed E-state index contributed by atoms with van der Waals surface area (Å²) in [7, 11) is 0. The number of hydrogen-bond acceptors (Lipinski definition) is 1. The summed E-state index contributed by atoms with van der Waals surface area (Å²) in [6.45, 7) is 1.70. The molecule has 3 N–H and O–H groups in total. The predicted molar refractivity (Wildman–Crippen MR) is 155 cm³/mol. The zero-order valence-corrected chi connectivity index (χ0v) is 23.6. The normalized spacial score (nSPS) is 12.1. The molecule has 0 amide bonds. The Bertz CT molecular complexity index is 2410. The number of H-pyrrole nitrogens is 3. The molecule has 0 fully saturated rings. The Morgan fingerprint density at radius 1 is 0.404 bits per heavy atom. The molecule has 4 nitrogen and oxygen atoms in total. The molecule has 47 heavy (non-hydrogen) atoms. The fraction of sp³-hybridized carbons (Fsp3) is 0.0606. The summed E-state index contributed by atoms with van der Waals surface area (Å²) in [5.41, 5.74) is -2.56. The van der Waals surface area contributed by atoms with E-state index in [0.717, 1.165) is 0 Å². The van der Waals surface area contributed by atoms with Gasteiger partial charge in [0.1, 0.15) is 0 Å². The van der Waals surface area contributed by atoms with E-state index in [-0.39, 0.29) is 50.9 Å². The van der Waals surface area contributed by atoms with Crippen LogP contribution in [0.1, 0.15) is 23.9 Å². The Hall–Kier alpha value is -5.53. The van der Waals surface area contributed by atoms with E-state index in [1.165, 1.54) is 48.6 Å². The van der Waals surface area contributed by atoms with Crippen molar-refractivity contribution in [3.8, 4) is 22.3 Å². The van der Waals surface area contributed by atoms with Crippen LogP contribution in [0.25, 0.3) is 67.5 Å². The van der Waals surface area contributed by atoms with Gasteiger partial charge in [0.05, 0.1) is 33.5 Å². The number of benzene rings is 2. The van der Waals surface area contributed by atoms with Crippen molar-refractivity contribution in [2.24, 2.45) is 0 Å². The summed E-state index contributed by atoms with van der Waals surface area (Å²) in [4.78, 5) is 13.1. The van der Waals surface area contributed by atoms with Gasteiger partial charge < -0.3 is 15.0 Å². The van der Waals surface area contributed by atoms with E-state index in [0.29, 0.717) is 5.56 Å². The molecule has 0 saturated heterocycles. The average molecular weight is 658 g/mol. The first-order valence-electron chi connectivity index (χ1n) is 13.8. The zero-order valence-electron chi connectivity index (χ0n) is 23.6. The molecule has 0 atom stereocenters. The second-order valence-corrected chi connectivity index (χ2v) is 10.5. The van der Waals surface area contributed by atoms with Crippen LogP contribution in [0.5, 0.6) is 0 Å². The molecule has 0 radical (unpaired) electrons. The van der Waals surface area contributed by atoms with Crippen molar-refractivity contribution in [3.05, 3.63) is 112 Å². The first kappa shape index (κ1) is 30.1. The van der Waals surface area contributed by atoms with E-state index in [9.17, 15) is 26.3 Å². The van der Waals surface area contributed by atoms with Crippen molar-refractivity contribution in [1.29, 1.82) is 0 Å². The fourth-order valence-electron chi connectivity index (χ4n) is 5.76. The highest BCUT2D eigenvalue weighted by molar-refractivity contribution is 5.97. The van der Waals surface area contributed by atoms with Gasteiger partial charge in [0.25, 0.3) is 0 Å². The van der Waals surface area contributed by atoms with Crippen LogP contribution >= 0.6 is 0 Å². The van der Waals surface area contributed by atoms with Crippen molar-refractivity contribution in [2.45, 2.75) is 13.3 Å². The number of aromatic amines is 3. The minimum absolute atomic E-state index is 0.0509. The molecule has 0 saturated carbocycles. The van der Waals surface area contributed by atoms with Gasteiger partial charge in [-0.25, -0.2) is 48.9 Å². The smallest absolute Gasteiger partial charge is 0.200 e. The van der Waals surface area contributed by atoms with Gasteiger partial charge in [0.15, 0.2) is 46.5 Å². The van der Waals surface area contributed by atoms with E-state index in [1.54, 1.807) is 6.92 Å². The third-order valence-corrected chi connectivity index (χ3v) is 7.96. The molecule has 1 aliphatic heterocycles. The molecular formula is C33H16F10N4. The van der Waals surface area contributed by atoms with E-state index in [1.807, 2.05) is 0 Å². The molecule has 238 valence electrons. The zero-order chi connectivity index (χ0) is 33.5.